The molecule has 3 aliphatic rings. The molecule has 1 N–H and O–H groups in total. The normalized spacial score (nSPS) is 31.5. The summed E-state index contributed by atoms with van der Waals surface area (Å²) in [6.07, 6.45) is 4.19. The van der Waals surface area contributed by atoms with Crippen molar-refractivity contribution in [1.29, 1.82) is 0 Å². The Balaban J connectivity index is 1.50. The summed E-state index contributed by atoms with van der Waals surface area (Å²) in [6, 6.07) is 4.88. The minimum Gasteiger partial charge on any atom is -0.346 e. The maximum absolute atomic E-state index is 12.4. The number of amides is 1. The Morgan fingerprint density at radius 3 is 3.19 bits per heavy atom. The molecular formula is C16H19N3OS. The third kappa shape index (κ3) is 2.34. The second kappa shape index (κ2) is 5.07. The van der Waals surface area contributed by atoms with Crippen molar-refractivity contribution in [2.24, 2.45) is 5.92 Å². The SMILES string of the molecule is CC1CC2CCN1CC2NC(=O)c1cc2sccc2cn1. The molecule has 2 aromatic rings. The third-order valence-corrected chi connectivity index (χ3v) is 5.82. The van der Waals surface area contributed by atoms with Gasteiger partial charge in [-0.2, -0.15) is 0 Å². The summed E-state index contributed by atoms with van der Waals surface area (Å²) in [5.41, 5.74) is 0.537. The van der Waals surface area contributed by atoms with E-state index in [0.717, 1.165) is 16.6 Å². The van der Waals surface area contributed by atoms with E-state index in [-0.39, 0.29) is 11.9 Å². The zero-order valence-electron chi connectivity index (χ0n) is 12.1. The quantitative estimate of drug-likeness (QED) is 0.927. The van der Waals surface area contributed by atoms with Gasteiger partial charge in [0.15, 0.2) is 0 Å². The lowest BCUT2D eigenvalue weighted by Gasteiger charge is -2.48. The fraction of sp³-hybridized carbons (Fsp3) is 0.500. The van der Waals surface area contributed by atoms with E-state index in [1.807, 2.05) is 17.5 Å². The van der Waals surface area contributed by atoms with Gasteiger partial charge in [0.05, 0.1) is 0 Å². The number of piperidine rings is 3. The summed E-state index contributed by atoms with van der Waals surface area (Å²) in [6.45, 7) is 4.45. The van der Waals surface area contributed by atoms with E-state index >= 15 is 0 Å². The van der Waals surface area contributed by atoms with Crippen LogP contribution in [-0.4, -0.2) is 41.0 Å². The average Bonchev–Trinajstić information content (AvgIpc) is 2.96. The van der Waals surface area contributed by atoms with Gasteiger partial charge in [-0.15, -0.1) is 11.3 Å². The molecule has 0 radical (unpaired) electrons. The lowest BCUT2D eigenvalue weighted by molar-refractivity contribution is 0.0273. The van der Waals surface area contributed by atoms with Crippen molar-refractivity contribution in [3.63, 3.8) is 0 Å². The van der Waals surface area contributed by atoms with Crippen LogP contribution in [0.25, 0.3) is 10.1 Å². The molecule has 5 heteroatoms. The predicted molar refractivity (Wildman–Crippen MR) is 84.6 cm³/mol. The van der Waals surface area contributed by atoms with Crippen molar-refractivity contribution in [3.8, 4) is 0 Å². The zero-order valence-corrected chi connectivity index (χ0v) is 12.9. The summed E-state index contributed by atoms with van der Waals surface area (Å²) >= 11 is 1.65. The maximum Gasteiger partial charge on any atom is 0.270 e. The highest BCUT2D eigenvalue weighted by Gasteiger charge is 2.38. The Morgan fingerprint density at radius 2 is 2.43 bits per heavy atom. The van der Waals surface area contributed by atoms with Gasteiger partial charge >= 0.3 is 0 Å². The molecule has 1 amide bonds. The van der Waals surface area contributed by atoms with Gasteiger partial charge in [0.1, 0.15) is 5.69 Å². The van der Waals surface area contributed by atoms with Crippen LogP contribution in [0.2, 0.25) is 0 Å². The molecular weight excluding hydrogens is 282 g/mol. The van der Waals surface area contributed by atoms with Crippen molar-refractivity contribution >= 4 is 27.3 Å². The minimum atomic E-state index is -0.0308. The summed E-state index contributed by atoms with van der Waals surface area (Å²) in [4.78, 5) is 19.2. The highest BCUT2D eigenvalue weighted by Crippen LogP contribution is 2.32. The van der Waals surface area contributed by atoms with E-state index in [9.17, 15) is 4.79 Å². The smallest absolute Gasteiger partial charge is 0.270 e. The lowest BCUT2D eigenvalue weighted by Crippen LogP contribution is -2.60. The van der Waals surface area contributed by atoms with Crippen molar-refractivity contribution < 1.29 is 4.79 Å². The summed E-state index contributed by atoms with van der Waals surface area (Å²) < 4.78 is 1.12. The predicted octanol–water partition coefficient (Wildman–Crippen LogP) is 2.51. The van der Waals surface area contributed by atoms with E-state index in [0.29, 0.717) is 17.7 Å². The Labute approximate surface area is 128 Å². The number of fused-ring (bicyclic) bond motifs is 4. The number of nitrogens with one attached hydrogen (secondary N) is 1. The molecule has 0 saturated carbocycles. The van der Waals surface area contributed by atoms with Crippen LogP contribution in [0.1, 0.15) is 30.3 Å². The number of aromatic nitrogens is 1. The molecule has 0 aliphatic carbocycles. The molecule has 2 aromatic heterocycles. The van der Waals surface area contributed by atoms with Crippen LogP contribution in [0, 0.1) is 5.92 Å². The van der Waals surface area contributed by atoms with Gasteiger partial charge in [0, 0.05) is 34.9 Å². The highest BCUT2D eigenvalue weighted by atomic mass is 32.1. The maximum atomic E-state index is 12.4. The van der Waals surface area contributed by atoms with Gasteiger partial charge in [-0.1, -0.05) is 0 Å². The second-order valence-electron chi connectivity index (χ2n) is 6.24. The molecule has 0 aromatic carbocycles. The first-order valence-corrected chi connectivity index (χ1v) is 8.47. The molecule has 0 spiro atoms. The lowest BCUT2D eigenvalue weighted by atomic mass is 9.80. The molecule has 4 atom stereocenters. The molecule has 5 rings (SSSR count). The molecule has 2 bridgehead atoms. The topological polar surface area (TPSA) is 45.2 Å². The molecule has 21 heavy (non-hydrogen) atoms. The van der Waals surface area contributed by atoms with Crippen LogP contribution >= 0.6 is 11.3 Å². The number of carbonyl (C=O) groups is 1. The number of carbonyl (C=O) groups excluding carboxylic acids is 1. The molecule has 110 valence electrons. The molecule has 3 saturated heterocycles. The van der Waals surface area contributed by atoms with E-state index in [4.69, 9.17) is 0 Å². The molecule has 5 heterocycles. The Bertz CT molecular complexity index is 683. The summed E-state index contributed by atoms with van der Waals surface area (Å²) in [7, 11) is 0. The molecule has 3 aliphatic heterocycles. The number of hydrogen-bond acceptors (Lipinski definition) is 4. The standard InChI is InChI=1S/C16H19N3OS/c1-10-6-11-2-4-19(10)9-14(11)18-16(20)13-7-15-12(8-17-13)3-5-21-15/h3,5,7-8,10-11,14H,2,4,6,9H2,1H3,(H,18,20). The van der Waals surface area contributed by atoms with Gasteiger partial charge in [-0.25, -0.2) is 0 Å². The van der Waals surface area contributed by atoms with Gasteiger partial charge in [-0.05, 0) is 49.7 Å². The van der Waals surface area contributed by atoms with Crippen molar-refractivity contribution in [1.82, 2.24) is 15.2 Å². The molecule has 4 nitrogen and oxygen atoms in total. The van der Waals surface area contributed by atoms with Gasteiger partial charge in [-0.3, -0.25) is 14.7 Å². The van der Waals surface area contributed by atoms with Crippen molar-refractivity contribution in [2.75, 3.05) is 13.1 Å². The van der Waals surface area contributed by atoms with E-state index in [1.54, 1.807) is 17.5 Å². The van der Waals surface area contributed by atoms with Crippen molar-refractivity contribution in [2.45, 2.75) is 31.8 Å². The Kier molecular flexibility index (Phi) is 3.19. The number of thiophene rings is 1. The van der Waals surface area contributed by atoms with Crippen molar-refractivity contribution in [3.05, 3.63) is 29.4 Å². The van der Waals surface area contributed by atoms with Crippen LogP contribution in [0.3, 0.4) is 0 Å². The number of pyridine rings is 1. The Hall–Kier alpha value is -1.46. The fourth-order valence-electron chi connectivity index (χ4n) is 3.68. The first kappa shape index (κ1) is 13.2. The Morgan fingerprint density at radius 1 is 1.52 bits per heavy atom. The summed E-state index contributed by atoms with van der Waals surface area (Å²) in [5.74, 6) is 0.594. The van der Waals surface area contributed by atoms with Gasteiger partial charge in [0.2, 0.25) is 0 Å². The van der Waals surface area contributed by atoms with Crippen LogP contribution in [-0.2, 0) is 0 Å². The zero-order chi connectivity index (χ0) is 14.4. The second-order valence-corrected chi connectivity index (χ2v) is 7.18. The first-order chi connectivity index (χ1) is 10.2. The highest BCUT2D eigenvalue weighted by molar-refractivity contribution is 7.17. The van der Waals surface area contributed by atoms with Gasteiger partial charge < -0.3 is 5.32 Å². The van der Waals surface area contributed by atoms with Gasteiger partial charge in [0.25, 0.3) is 5.91 Å². The average molecular weight is 301 g/mol. The van der Waals surface area contributed by atoms with E-state index in [2.05, 4.69) is 22.1 Å². The van der Waals surface area contributed by atoms with E-state index < -0.39 is 0 Å². The first-order valence-electron chi connectivity index (χ1n) is 7.59. The van der Waals surface area contributed by atoms with E-state index in [1.165, 1.54) is 19.4 Å². The van der Waals surface area contributed by atoms with Crippen LogP contribution in [0.5, 0.6) is 0 Å². The fourth-order valence-corrected chi connectivity index (χ4v) is 4.48. The number of nitrogens with zero attached hydrogens (tertiary/aromatic N) is 2. The monoisotopic (exact) mass is 301 g/mol. The largest absolute Gasteiger partial charge is 0.346 e. The summed E-state index contributed by atoms with van der Waals surface area (Å²) in [5, 5.41) is 6.34. The van der Waals surface area contributed by atoms with Crippen LogP contribution < -0.4 is 5.32 Å². The molecule has 3 fully saturated rings. The van der Waals surface area contributed by atoms with Crippen LogP contribution in [0.15, 0.2) is 23.7 Å². The van der Waals surface area contributed by atoms with Crippen LogP contribution in [0.4, 0.5) is 0 Å². The molecule has 4 unspecified atom stereocenters. The minimum absolute atomic E-state index is 0.0308. The number of rotatable bonds is 2. The number of hydrogen-bond donors (Lipinski definition) is 1. The third-order valence-electron chi connectivity index (χ3n) is 4.94.